The van der Waals surface area contributed by atoms with Gasteiger partial charge in [0.25, 0.3) is 0 Å². The molecule has 0 heterocycles. The van der Waals surface area contributed by atoms with Gasteiger partial charge in [0.15, 0.2) is 0 Å². The Bertz CT molecular complexity index is 116. The Morgan fingerprint density at radius 2 is 2.50 bits per heavy atom. The molecule has 0 aromatic heterocycles. The van der Waals surface area contributed by atoms with Crippen molar-refractivity contribution in [2.75, 3.05) is 13.1 Å². The molecule has 0 aliphatic rings. The summed E-state index contributed by atoms with van der Waals surface area (Å²) < 4.78 is 0. The Morgan fingerprint density at radius 1 is 1.75 bits per heavy atom. The maximum absolute atomic E-state index is 5.11. The lowest BCUT2D eigenvalue weighted by Crippen LogP contribution is -1.99. The molecule has 44 valence electrons. The molecular weight excluding hydrogens is 100 g/mol. The Hall–Kier alpha value is -0.810. The molecule has 0 atom stereocenters. The van der Waals surface area contributed by atoms with Gasteiger partial charge in [-0.05, 0) is 6.92 Å². The summed E-state index contributed by atoms with van der Waals surface area (Å²) in [6.07, 6.45) is 1.66. The molecule has 0 aliphatic carbocycles. The molecule has 0 rings (SSSR count). The van der Waals surface area contributed by atoms with Crippen LogP contribution in [0.3, 0.4) is 0 Å². The van der Waals surface area contributed by atoms with Crippen molar-refractivity contribution in [2.45, 2.75) is 6.92 Å². The minimum Gasteiger partial charge on any atom is -0.326 e. The third kappa shape index (κ3) is 5.19. The van der Waals surface area contributed by atoms with Gasteiger partial charge in [-0.3, -0.25) is 4.99 Å². The molecule has 0 radical (unpaired) electrons. The fourth-order valence-electron chi connectivity index (χ4n) is 0.264. The minimum atomic E-state index is 0.505. The lowest BCUT2D eigenvalue weighted by atomic mass is 10.6. The maximum Gasteiger partial charge on any atom is 0.0994 e. The summed E-state index contributed by atoms with van der Waals surface area (Å²) in [6, 6.07) is 0. The Balaban J connectivity index is 3.12. The fourth-order valence-corrected chi connectivity index (χ4v) is 0.264. The van der Waals surface area contributed by atoms with Gasteiger partial charge in [-0.15, -0.1) is 5.92 Å². The van der Waals surface area contributed by atoms with Crippen LogP contribution in [-0.4, -0.2) is 19.3 Å². The first kappa shape index (κ1) is 7.19. The van der Waals surface area contributed by atoms with Crippen LogP contribution in [0.5, 0.6) is 0 Å². The highest BCUT2D eigenvalue weighted by Gasteiger charge is 1.64. The summed E-state index contributed by atoms with van der Waals surface area (Å²) in [7, 11) is 0. The van der Waals surface area contributed by atoms with Gasteiger partial charge >= 0.3 is 0 Å². The highest BCUT2D eigenvalue weighted by atomic mass is 14.7. The molecule has 2 nitrogen and oxygen atoms in total. The Morgan fingerprint density at radius 3 is 3.00 bits per heavy atom. The second-order valence-corrected chi connectivity index (χ2v) is 1.19. The molecule has 0 amide bonds. The largest absolute Gasteiger partial charge is 0.326 e. The monoisotopic (exact) mass is 110 g/mol. The molecule has 2 heteroatoms. The Labute approximate surface area is 49.8 Å². The molecule has 0 saturated heterocycles. The summed E-state index contributed by atoms with van der Waals surface area (Å²) >= 11 is 0. The minimum absolute atomic E-state index is 0.505. The number of hydrogen-bond acceptors (Lipinski definition) is 2. The van der Waals surface area contributed by atoms with E-state index in [4.69, 9.17) is 5.73 Å². The van der Waals surface area contributed by atoms with Crippen molar-refractivity contribution in [3.05, 3.63) is 0 Å². The molecule has 0 aromatic carbocycles. The van der Waals surface area contributed by atoms with E-state index in [2.05, 4.69) is 16.8 Å². The molecule has 0 spiro atoms. The number of aliphatic imine (C=N–C) groups is 1. The third-order valence-electron chi connectivity index (χ3n) is 0.582. The normalized spacial score (nSPS) is 8.75. The summed E-state index contributed by atoms with van der Waals surface area (Å²) in [5.41, 5.74) is 5.11. The molecule has 0 unspecified atom stereocenters. The second-order valence-electron chi connectivity index (χ2n) is 1.19. The van der Waals surface area contributed by atoms with Gasteiger partial charge in [0.1, 0.15) is 0 Å². The van der Waals surface area contributed by atoms with E-state index >= 15 is 0 Å². The zero-order valence-corrected chi connectivity index (χ0v) is 5.02. The van der Waals surface area contributed by atoms with E-state index in [-0.39, 0.29) is 0 Å². The second kappa shape index (κ2) is 6.19. The van der Waals surface area contributed by atoms with E-state index in [0.717, 1.165) is 0 Å². The highest BCUT2D eigenvalue weighted by Crippen LogP contribution is 1.61. The molecule has 0 aliphatic heterocycles. The zero-order chi connectivity index (χ0) is 6.24. The van der Waals surface area contributed by atoms with Gasteiger partial charge in [-0.1, -0.05) is 5.92 Å². The van der Waals surface area contributed by atoms with E-state index in [1.807, 2.05) is 0 Å². The zero-order valence-electron chi connectivity index (χ0n) is 5.02. The predicted molar refractivity (Wildman–Crippen MR) is 35.9 cm³/mol. The third-order valence-corrected chi connectivity index (χ3v) is 0.582. The van der Waals surface area contributed by atoms with Crippen LogP contribution < -0.4 is 5.73 Å². The lowest BCUT2D eigenvalue weighted by molar-refractivity contribution is 1.25. The van der Waals surface area contributed by atoms with Crippen molar-refractivity contribution in [3.8, 4) is 11.8 Å². The standard InChI is InChI=1S/C6H10N2/c1-2-3-5-8-6-4-7/h6H,4-5,7H2,1H3/b8-6-. The van der Waals surface area contributed by atoms with Crippen molar-refractivity contribution >= 4 is 6.21 Å². The van der Waals surface area contributed by atoms with Gasteiger partial charge in [0.05, 0.1) is 6.54 Å². The van der Waals surface area contributed by atoms with Crippen LogP contribution in [0.1, 0.15) is 6.92 Å². The summed E-state index contributed by atoms with van der Waals surface area (Å²) in [6.45, 7) is 2.87. The average molecular weight is 110 g/mol. The van der Waals surface area contributed by atoms with Crippen LogP contribution in [0, 0.1) is 11.8 Å². The SMILES string of the molecule is CC#CC/N=C\CN. The first-order valence-corrected chi connectivity index (χ1v) is 2.49. The number of rotatable bonds is 2. The quantitative estimate of drug-likeness (QED) is 0.395. The number of nitrogens with two attached hydrogens (primary N) is 1. The average Bonchev–Trinajstić information content (AvgIpc) is 1.81. The van der Waals surface area contributed by atoms with Crippen LogP contribution in [0.15, 0.2) is 4.99 Å². The van der Waals surface area contributed by atoms with Crippen LogP contribution in [0.4, 0.5) is 0 Å². The molecule has 0 aromatic rings. The Kier molecular flexibility index (Phi) is 5.56. The highest BCUT2D eigenvalue weighted by molar-refractivity contribution is 5.59. The predicted octanol–water partition coefficient (Wildman–Crippen LogP) is 0.0392. The summed E-state index contributed by atoms with van der Waals surface area (Å²) in [5.74, 6) is 5.50. The summed E-state index contributed by atoms with van der Waals surface area (Å²) in [5, 5.41) is 0. The maximum atomic E-state index is 5.11. The fraction of sp³-hybridized carbons (Fsp3) is 0.500. The number of hydrogen-bond donors (Lipinski definition) is 1. The van der Waals surface area contributed by atoms with E-state index in [9.17, 15) is 0 Å². The van der Waals surface area contributed by atoms with Gasteiger partial charge < -0.3 is 5.73 Å². The van der Waals surface area contributed by atoms with E-state index in [1.54, 1.807) is 13.1 Å². The smallest absolute Gasteiger partial charge is 0.0994 e. The molecule has 0 fully saturated rings. The molecule has 0 saturated carbocycles. The van der Waals surface area contributed by atoms with Crippen molar-refractivity contribution in [3.63, 3.8) is 0 Å². The van der Waals surface area contributed by atoms with Gasteiger partial charge in [0.2, 0.25) is 0 Å². The molecule has 2 N–H and O–H groups in total. The van der Waals surface area contributed by atoms with Crippen molar-refractivity contribution in [2.24, 2.45) is 10.7 Å². The molecular formula is C6H10N2. The van der Waals surface area contributed by atoms with E-state index in [0.29, 0.717) is 13.1 Å². The lowest BCUT2D eigenvalue weighted by Gasteiger charge is -1.76. The summed E-state index contributed by atoms with van der Waals surface area (Å²) in [4.78, 5) is 3.86. The van der Waals surface area contributed by atoms with Crippen LogP contribution in [0.2, 0.25) is 0 Å². The van der Waals surface area contributed by atoms with Crippen LogP contribution in [0.25, 0.3) is 0 Å². The first-order valence-electron chi connectivity index (χ1n) is 2.49. The van der Waals surface area contributed by atoms with Crippen molar-refractivity contribution in [1.29, 1.82) is 0 Å². The molecule has 0 bridgehead atoms. The molecule has 8 heavy (non-hydrogen) atoms. The van der Waals surface area contributed by atoms with E-state index < -0.39 is 0 Å². The van der Waals surface area contributed by atoms with Gasteiger partial charge in [0, 0.05) is 12.8 Å². The number of nitrogens with zero attached hydrogens (tertiary/aromatic N) is 1. The van der Waals surface area contributed by atoms with Crippen LogP contribution >= 0.6 is 0 Å². The first-order chi connectivity index (χ1) is 3.91. The van der Waals surface area contributed by atoms with E-state index in [1.165, 1.54) is 0 Å². The van der Waals surface area contributed by atoms with Crippen molar-refractivity contribution in [1.82, 2.24) is 0 Å². The van der Waals surface area contributed by atoms with Crippen LogP contribution in [-0.2, 0) is 0 Å². The van der Waals surface area contributed by atoms with Crippen molar-refractivity contribution < 1.29 is 0 Å². The topological polar surface area (TPSA) is 38.4 Å². The van der Waals surface area contributed by atoms with Gasteiger partial charge in [-0.25, -0.2) is 0 Å². The van der Waals surface area contributed by atoms with Gasteiger partial charge in [-0.2, -0.15) is 0 Å².